The van der Waals surface area contributed by atoms with Crippen molar-refractivity contribution < 1.29 is 19.1 Å². The molecule has 2 unspecified atom stereocenters. The lowest BCUT2D eigenvalue weighted by molar-refractivity contribution is 0.0956. The number of methoxy groups -OCH3 is 1. The molecule has 150 valence electrons. The highest BCUT2D eigenvalue weighted by molar-refractivity contribution is 6.24. The molecule has 2 heterocycles. The number of ether oxygens (including phenoxy) is 2. The zero-order valence-corrected chi connectivity index (χ0v) is 16.1. The number of aliphatic imine (C=N–C) groups is 2. The number of rotatable bonds is 4. The highest BCUT2D eigenvalue weighted by Gasteiger charge is 2.36. The van der Waals surface area contributed by atoms with Gasteiger partial charge >= 0.3 is 12.1 Å². The van der Waals surface area contributed by atoms with Gasteiger partial charge in [0.05, 0.1) is 31.4 Å². The first kappa shape index (κ1) is 19.1. The smallest absolute Gasteiger partial charge is 0.349 e. The maximum Gasteiger partial charge on any atom is 0.349 e. The summed E-state index contributed by atoms with van der Waals surface area (Å²) in [4.78, 5) is 35.2. The summed E-state index contributed by atoms with van der Waals surface area (Å²) < 4.78 is 10.8. The summed E-state index contributed by atoms with van der Waals surface area (Å²) in [6.07, 6.45) is 9.06. The second-order valence-electron chi connectivity index (χ2n) is 6.92. The quantitative estimate of drug-likeness (QED) is 0.847. The van der Waals surface area contributed by atoms with Gasteiger partial charge in [0.2, 0.25) is 0 Å². The van der Waals surface area contributed by atoms with Crippen molar-refractivity contribution in [2.75, 3.05) is 25.6 Å². The number of hydrogen-bond acceptors (Lipinski definition) is 4. The van der Waals surface area contributed by atoms with Crippen LogP contribution in [0, 0.1) is 5.92 Å². The fourth-order valence-electron chi connectivity index (χ4n) is 3.54. The molecule has 8 nitrogen and oxygen atoms in total. The lowest BCUT2D eigenvalue weighted by Gasteiger charge is -2.32. The number of benzene rings is 1. The van der Waals surface area contributed by atoms with Crippen LogP contribution in [-0.4, -0.2) is 54.9 Å². The zero-order chi connectivity index (χ0) is 20.2. The van der Waals surface area contributed by atoms with Gasteiger partial charge in [-0.05, 0) is 31.1 Å². The van der Waals surface area contributed by atoms with Gasteiger partial charge in [0.15, 0.2) is 0 Å². The molecule has 1 aliphatic carbocycles. The Balaban J connectivity index is 1.61. The summed E-state index contributed by atoms with van der Waals surface area (Å²) in [5.41, 5.74) is 1.13. The number of hydrogen-bond donors (Lipinski definition) is 1. The summed E-state index contributed by atoms with van der Waals surface area (Å²) in [7, 11) is 1.56. The fraction of sp³-hybridized carbons (Fsp3) is 0.333. The molecule has 2 atom stereocenters. The van der Waals surface area contributed by atoms with Crippen LogP contribution in [-0.2, 0) is 4.74 Å². The number of allylic oxidation sites excluding steroid dienone is 3. The fourth-order valence-corrected chi connectivity index (χ4v) is 3.54. The van der Waals surface area contributed by atoms with Crippen LogP contribution in [0.2, 0.25) is 0 Å². The van der Waals surface area contributed by atoms with Crippen LogP contribution in [0.15, 0.2) is 58.6 Å². The van der Waals surface area contributed by atoms with Crippen molar-refractivity contribution in [2.45, 2.75) is 18.9 Å². The van der Waals surface area contributed by atoms with E-state index in [0.29, 0.717) is 36.1 Å². The van der Waals surface area contributed by atoms with Gasteiger partial charge in [-0.1, -0.05) is 24.3 Å². The maximum absolute atomic E-state index is 12.7. The van der Waals surface area contributed by atoms with Gasteiger partial charge in [0.1, 0.15) is 11.6 Å². The van der Waals surface area contributed by atoms with Gasteiger partial charge < -0.3 is 14.8 Å². The van der Waals surface area contributed by atoms with Crippen molar-refractivity contribution in [1.82, 2.24) is 4.90 Å². The maximum atomic E-state index is 12.7. The first-order valence-corrected chi connectivity index (χ1v) is 9.54. The summed E-state index contributed by atoms with van der Waals surface area (Å²) in [5.74, 6) is 0.629. The summed E-state index contributed by atoms with van der Waals surface area (Å²) in [5, 5.41) is 2.73. The Morgan fingerprint density at radius 2 is 2.31 bits per heavy atom. The third-order valence-electron chi connectivity index (χ3n) is 4.96. The average Bonchev–Trinajstić information content (AvgIpc) is 3.24. The summed E-state index contributed by atoms with van der Waals surface area (Å²) in [6, 6.07) is 6.00. The molecule has 0 aromatic heterocycles. The van der Waals surface area contributed by atoms with Crippen molar-refractivity contribution in [1.29, 1.82) is 0 Å². The predicted molar refractivity (Wildman–Crippen MR) is 110 cm³/mol. The molecule has 3 aliphatic rings. The number of anilines is 1. The van der Waals surface area contributed by atoms with E-state index in [1.807, 2.05) is 18.2 Å². The molecule has 4 amide bonds. The minimum absolute atomic E-state index is 0.0783. The van der Waals surface area contributed by atoms with Gasteiger partial charge in [-0.2, -0.15) is 9.98 Å². The van der Waals surface area contributed by atoms with E-state index >= 15 is 0 Å². The van der Waals surface area contributed by atoms with Crippen LogP contribution in [0.25, 0.3) is 0 Å². The first-order chi connectivity index (χ1) is 14.1. The van der Waals surface area contributed by atoms with Crippen LogP contribution in [0.3, 0.4) is 0 Å². The van der Waals surface area contributed by atoms with Gasteiger partial charge in [-0.3, -0.25) is 4.90 Å². The van der Waals surface area contributed by atoms with Crippen LogP contribution in [0.4, 0.5) is 15.3 Å². The standard InChI is InChI=1S/C21H22N4O4/c1-28-15-7-4-6-14(12-15)22-20(26)24-19-17-9-2-3-10-18(17)23-21(27)25(19)13-16-8-5-11-29-16/h2-4,6-7,9-10,12,16-17H,5,8,11,13H2,1H3,(H,22,26)/b24-19+. The van der Waals surface area contributed by atoms with Crippen molar-refractivity contribution in [2.24, 2.45) is 15.9 Å². The number of carbonyl (C=O) groups excluding carboxylic acids is 2. The van der Waals surface area contributed by atoms with Crippen LogP contribution < -0.4 is 10.1 Å². The van der Waals surface area contributed by atoms with E-state index in [9.17, 15) is 9.59 Å². The number of amidine groups is 1. The Hall–Kier alpha value is -3.26. The third-order valence-corrected chi connectivity index (χ3v) is 4.96. The lowest BCUT2D eigenvalue weighted by atomic mass is 9.94. The molecule has 29 heavy (non-hydrogen) atoms. The molecule has 1 aromatic rings. The molecule has 1 fully saturated rings. The van der Waals surface area contributed by atoms with Gasteiger partial charge in [-0.15, -0.1) is 0 Å². The molecule has 0 spiro atoms. The predicted octanol–water partition coefficient (Wildman–Crippen LogP) is 3.42. The minimum atomic E-state index is -0.567. The largest absolute Gasteiger partial charge is 0.497 e. The Morgan fingerprint density at radius 3 is 3.10 bits per heavy atom. The summed E-state index contributed by atoms with van der Waals surface area (Å²) >= 11 is 0. The monoisotopic (exact) mass is 394 g/mol. The topological polar surface area (TPSA) is 92.6 Å². The number of fused-ring (bicyclic) bond motifs is 1. The Labute approximate surface area is 168 Å². The number of amides is 4. The van der Waals surface area contributed by atoms with Crippen molar-refractivity contribution >= 4 is 29.3 Å². The van der Waals surface area contributed by atoms with Crippen LogP contribution >= 0.6 is 0 Å². The van der Waals surface area contributed by atoms with Crippen LogP contribution in [0.5, 0.6) is 5.75 Å². The molecule has 1 saturated heterocycles. The van der Waals surface area contributed by atoms with E-state index in [-0.39, 0.29) is 12.0 Å². The lowest BCUT2D eigenvalue weighted by Crippen LogP contribution is -2.49. The SMILES string of the molecule is COc1cccc(NC(=O)/N=C2\C3C=CC=CC3=NC(=O)N2CC2CCCO2)c1. The van der Waals surface area contributed by atoms with Crippen molar-refractivity contribution in [3.63, 3.8) is 0 Å². The molecule has 0 saturated carbocycles. The van der Waals surface area contributed by atoms with Gasteiger partial charge in [0.25, 0.3) is 0 Å². The van der Waals surface area contributed by atoms with E-state index in [1.54, 1.807) is 37.5 Å². The molecule has 0 bridgehead atoms. The van der Waals surface area contributed by atoms with E-state index in [1.165, 1.54) is 4.90 Å². The average molecular weight is 394 g/mol. The zero-order valence-electron chi connectivity index (χ0n) is 16.1. The molecule has 1 aromatic carbocycles. The van der Waals surface area contributed by atoms with E-state index in [2.05, 4.69) is 15.3 Å². The molecule has 2 aliphatic heterocycles. The second-order valence-corrected chi connectivity index (χ2v) is 6.92. The van der Waals surface area contributed by atoms with E-state index in [4.69, 9.17) is 9.47 Å². The van der Waals surface area contributed by atoms with Gasteiger partial charge in [-0.25, -0.2) is 9.59 Å². The summed E-state index contributed by atoms with van der Waals surface area (Å²) in [6.45, 7) is 1.00. The van der Waals surface area contributed by atoms with Crippen molar-refractivity contribution in [3.8, 4) is 5.75 Å². The molecule has 8 heteroatoms. The number of urea groups is 2. The molecule has 0 radical (unpaired) electrons. The van der Waals surface area contributed by atoms with Crippen molar-refractivity contribution in [3.05, 3.63) is 48.6 Å². The van der Waals surface area contributed by atoms with E-state index in [0.717, 1.165) is 12.8 Å². The van der Waals surface area contributed by atoms with E-state index < -0.39 is 12.1 Å². The Bertz CT molecular complexity index is 928. The molecular weight excluding hydrogens is 372 g/mol. The Morgan fingerprint density at radius 1 is 1.41 bits per heavy atom. The molecular formula is C21H22N4O4. The normalized spacial score (nSPS) is 24.4. The van der Waals surface area contributed by atoms with Crippen LogP contribution in [0.1, 0.15) is 12.8 Å². The molecule has 1 N–H and O–H groups in total. The number of nitrogens with one attached hydrogen (secondary N) is 1. The number of nitrogens with zero attached hydrogens (tertiary/aromatic N) is 3. The first-order valence-electron chi connectivity index (χ1n) is 9.54. The highest BCUT2D eigenvalue weighted by atomic mass is 16.5. The molecule has 4 rings (SSSR count). The highest BCUT2D eigenvalue weighted by Crippen LogP contribution is 2.24. The third kappa shape index (κ3) is 4.27. The Kier molecular flexibility index (Phi) is 5.53. The number of carbonyl (C=O) groups is 2. The van der Waals surface area contributed by atoms with Gasteiger partial charge in [0, 0.05) is 18.4 Å². The second kappa shape index (κ2) is 8.40. The minimum Gasteiger partial charge on any atom is -0.497 e.